The zero-order valence-electron chi connectivity index (χ0n) is 9.17. The van der Waals surface area contributed by atoms with Crippen molar-refractivity contribution in [1.82, 2.24) is 0 Å². The molecular formula is C11H23NO2. The molecule has 84 valence electrons. The molecule has 0 aromatic heterocycles. The van der Waals surface area contributed by atoms with Gasteiger partial charge in [0, 0.05) is 25.7 Å². The zero-order chi connectivity index (χ0) is 10.4. The van der Waals surface area contributed by atoms with Crippen LogP contribution < -0.4 is 5.73 Å². The Morgan fingerprint density at radius 3 is 2.57 bits per heavy atom. The smallest absolute Gasteiger partial charge is 0.0502 e. The lowest BCUT2D eigenvalue weighted by molar-refractivity contribution is 0.0924. The van der Waals surface area contributed by atoms with Crippen LogP contribution in [0.3, 0.4) is 0 Å². The summed E-state index contributed by atoms with van der Waals surface area (Å²) in [7, 11) is 1.73. The summed E-state index contributed by atoms with van der Waals surface area (Å²) in [4.78, 5) is 0. The molecule has 0 radical (unpaired) electrons. The second-order valence-electron chi connectivity index (χ2n) is 4.45. The van der Waals surface area contributed by atoms with Gasteiger partial charge in [0.05, 0.1) is 6.61 Å². The molecule has 0 amide bonds. The second-order valence-corrected chi connectivity index (χ2v) is 4.45. The lowest BCUT2D eigenvalue weighted by Crippen LogP contribution is -2.36. The average molecular weight is 201 g/mol. The Bertz CT molecular complexity index is 153. The molecule has 1 atom stereocenters. The maximum absolute atomic E-state index is 9.43. The molecule has 0 saturated heterocycles. The molecule has 0 aromatic carbocycles. The van der Waals surface area contributed by atoms with E-state index in [2.05, 4.69) is 0 Å². The van der Waals surface area contributed by atoms with Crippen molar-refractivity contribution in [3.05, 3.63) is 0 Å². The van der Waals surface area contributed by atoms with Crippen LogP contribution in [0, 0.1) is 11.3 Å². The van der Waals surface area contributed by atoms with Crippen molar-refractivity contribution in [3.63, 3.8) is 0 Å². The molecule has 0 aliphatic heterocycles. The van der Waals surface area contributed by atoms with Gasteiger partial charge in [0.2, 0.25) is 0 Å². The highest BCUT2D eigenvalue weighted by Crippen LogP contribution is 2.47. The van der Waals surface area contributed by atoms with Crippen LogP contribution in [0.4, 0.5) is 0 Å². The van der Waals surface area contributed by atoms with E-state index in [-0.39, 0.29) is 12.0 Å². The number of hydrogen-bond donors (Lipinski definition) is 2. The third kappa shape index (κ3) is 2.94. The van der Waals surface area contributed by atoms with Gasteiger partial charge < -0.3 is 15.6 Å². The Kier molecular flexibility index (Phi) is 4.85. The normalized spacial score (nSPS) is 20.8. The molecule has 0 spiro atoms. The topological polar surface area (TPSA) is 55.5 Å². The first-order chi connectivity index (χ1) is 6.79. The van der Waals surface area contributed by atoms with Crippen LogP contribution in [0.1, 0.15) is 32.1 Å². The third-order valence-corrected chi connectivity index (χ3v) is 3.44. The molecule has 1 saturated carbocycles. The fourth-order valence-corrected chi connectivity index (χ4v) is 2.16. The fraction of sp³-hybridized carbons (Fsp3) is 1.00. The van der Waals surface area contributed by atoms with Crippen molar-refractivity contribution in [2.45, 2.75) is 32.1 Å². The van der Waals surface area contributed by atoms with Crippen molar-refractivity contribution < 1.29 is 9.84 Å². The van der Waals surface area contributed by atoms with E-state index in [9.17, 15) is 5.11 Å². The summed E-state index contributed by atoms with van der Waals surface area (Å²) in [6, 6.07) is 0. The van der Waals surface area contributed by atoms with Gasteiger partial charge in [0.15, 0.2) is 0 Å². The number of unbranched alkanes of at least 4 members (excludes halogenated alkanes) is 1. The molecule has 0 bridgehead atoms. The minimum Gasteiger partial charge on any atom is -0.396 e. The van der Waals surface area contributed by atoms with Gasteiger partial charge in [-0.1, -0.05) is 6.42 Å². The minimum absolute atomic E-state index is 0.0216. The summed E-state index contributed by atoms with van der Waals surface area (Å²) in [6.07, 6.45) is 5.74. The Labute approximate surface area is 86.6 Å². The van der Waals surface area contributed by atoms with Crippen molar-refractivity contribution in [3.8, 4) is 0 Å². The highest BCUT2D eigenvalue weighted by molar-refractivity contribution is 4.94. The van der Waals surface area contributed by atoms with E-state index in [0.29, 0.717) is 12.5 Å². The summed E-state index contributed by atoms with van der Waals surface area (Å²) in [5.41, 5.74) is 5.80. The maximum atomic E-state index is 9.43. The summed E-state index contributed by atoms with van der Waals surface area (Å²) in [5, 5.41) is 9.43. The lowest BCUT2D eigenvalue weighted by atomic mass is 9.79. The van der Waals surface area contributed by atoms with E-state index in [4.69, 9.17) is 10.5 Å². The number of ether oxygens (including phenoxy) is 1. The molecule has 1 fully saturated rings. The Hall–Kier alpha value is -0.120. The number of hydrogen-bond acceptors (Lipinski definition) is 3. The highest BCUT2D eigenvalue weighted by atomic mass is 16.5. The first kappa shape index (κ1) is 12.0. The van der Waals surface area contributed by atoms with Gasteiger partial charge in [-0.25, -0.2) is 0 Å². The van der Waals surface area contributed by atoms with Crippen molar-refractivity contribution in [1.29, 1.82) is 0 Å². The minimum atomic E-state index is 0.0216. The van der Waals surface area contributed by atoms with E-state index in [1.165, 1.54) is 12.8 Å². The molecule has 3 heteroatoms. The monoisotopic (exact) mass is 201 g/mol. The standard InChI is InChI=1S/C11H23NO2/c1-14-7-3-2-6-11(8-12,9-13)10-4-5-10/h10,13H,2-9,12H2,1H3. The average Bonchev–Trinajstić information content (AvgIpc) is 3.03. The largest absolute Gasteiger partial charge is 0.396 e. The first-order valence-electron chi connectivity index (χ1n) is 5.59. The zero-order valence-corrected chi connectivity index (χ0v) is 9.17. The van der Waals surface area contributed by atoms with Crippen LogP contribution in [-0.2, 0) is 4.74 Å². The molecule has 1 rings (SSSR count). The van der Waals surface area contributed by atoms with Gasteiger partial charge in [0.1, 0.15) is 0 Å². The molecule has 14 heavy (non-hydrogen) atoms. The first-order valence-corrected chi connectivity index (χ1v) is 5.59. The number of rotatable bonds is 8. The molecule has 0 aromatic rings. The highest BCUT2D eigenvalue weighted by Gasteiger charge is 2.43. The van der Waals surface area contributed by atoms with Gasteiger partial charge in [-0.15, -0.1) is 0 Å². The molecule has 0 heterocycles. The van der Waals surface area contributed by atoms with Gasteiger partial charge in [-0.05, 0) is 31.6 Å². The van der Waals surface area contributed by atoms with Gasteiger partial charge in [-0.2, -0.15) is 0 Å². The fourth-order valence-electron chi connectivity index (χ4n) is 2.16. The summed E-state index contributed by atoms with van der Waals surface area (Å²) < 4.78 is 5.01. The van der Waals surface area contributed by atoms with Gasteiger partial charge in [-0.3, -0.25) is 0 Å². The molecule has 3 nitrogen and oxygen atoms in total. The quantitative estimate of drug-likeness (QED) is 0.579. The van der Waals surface area contributed by atoms with Crippen LogP contribution in [0.5, 0.6) is 0 Å². The van der Waals surface area contributed by atoms with Crippen molar-refractivity contribution in [2.24, 2.45) is 17.1 Å². The number of methoxy groups -OCH3 is 1. The van der Waals surface area contributed by atoms with E-state index in [0.717, 1.165) is 25.9 Å². The van der Waals surface area contributed by atoms with Crippen LogP contribution in [-0.4, -0.2) is 32.0 Å². The number of aliphatic hydroxyl groups is 1. The van der Waals surface area contributed by atoms with Gasteiger partial charge in [0.25, 0.3) is 0 Å². The molecule has 1 aliphatic carbocycles. The Balaban J connectivity index is 2.27. The van der Waals surface area contributed by atoms with Crippen molar-refractivity contribution >= 4 is 0 Å². The predicted molar refractivity (Wildman–Crippen MR) is 57.0 cm³/mol. The SMILES string of the molecule is COCCCCC(CN)(CO)C1CC1. The van der Waals surface area contributed by atoms with Crippen LogP contribution >= 0.6 is 0 Å². The Morgan fingerprint density at radius 1 is 1.43 bits per heavy atom. The number of aliphatic hydroxyl groups excluding tert-OH is 1. The maximum Gasteiger partial charge on any atom is 0.0502 e. The molecular weight excluding hydrogens is 178 g/mol. The number of nitrogens with two attached hydrogens (primary N) is 1. The lowest BCUT2D eigenvalue weighted by Gasteiger charge is -2.30. The van der Waals surface area contributed by atoms with Gasteiger partial charge >= 0.3 is 0 Å². The molecule has 1 aliphatic rings. The molecule has 1 unspecified atom stereocenters. The summed E-state index contributed by atoms with van der Waals surface area (Å²) >= 11 is 0. The van der Waals surface area contributed by atoms with Crippen LogP contribution in [0.2, 0.25) is 0 Å². The summed E-state index contributed by atoms with van der Waals surface area (Å²) in [6.45, 7) is 1.69. The third-order valence-electron chi connectivity index (χ3n) is 3.44. The predicted octanol–water partition coefficient (Wildman–Crippen LogP) is 1.15. The second kappa shape index (κ2) is 5.69. The summed E-state index contributed by atoms with van der Waals surface area (Å²) in [5.74, 6) is 0.681. The van der Waals surface area contributed by atoms with E-state index >= 15 is 0 Å². The van der Waals surface area contributed by atoms with E-state index < -0.39 is 0 Å². The van der Waals surface area contributed by atoms with E-state index in [1.54, 1.807) is 7.11 Å². The van der Waals surface area contributed by atoms with Crippen LogP contribution in [0.15, 0.2) is 0 Å². The van der Waals surface area contributed by atoms with Crippen LogP contribution in [0.25, 0.3) is 0 Å². The van der Waals surface area contributed by atoms with Crippen molar-refractivity contribution in [2.75, 3.05) is 26.9 Å². The molecule has 3 N–H and O–H groups in total. The Morgan fingerprint density at radius 2 is 2.14 bits per heavy atom. The van der Waals surface area contributed by atoms with E-state index in [1.807, 2.05) is 0 Å².